The van der Waals surface area contributed by atoms with E-state index in [4.69, 9.17) is 5.10 Å². The molecule has 4 aromatic heterocycles. The summed E-state index contributed by atoms with van der Waals surface area (Å²) in [6, 6.07) is 7.74. The van der Waals surface area contributed by atoms with Crippen molar-refractivity contribution in [2.75, 3.05) is 43.9 Å². The zero-order chi connectivity index (χ0) is 42.6. The second-order valence-corrected chi connectivity index (χ2v) is 18.4. The third kappa shape index (κ3) is 8.47. The number of imide groups is 1. The van der Waals surface area contributed by atoms with Crippen LogP contribution >= 0.6 is 0 Å². The Kier molecular flexibility index (Phi) is 11.1. The van der Waals surface area contributed by atoms with Crippen LogP contribution in [0, 0.1) is 11.8 Å². The highest BCUT2D eigenvalue weighted by Gasteiger charge is 2.34. The number of carbonyl (C=O) groups excluding carboxylic acids is 3. The van der Waals surface area contributed by atoms with Gasteiger partial charge in [0.1, 0.15) is 28.7 Å². The van der Waals surface area contributed by atoms with E-state index in [1.807, 2.05) is 29.1 Å². The fourth-order valence-corrected chi connectivity index (χ4v) is 9.79. The average molecular weight is 835 g/mol. The van der Waals surface area contributed by atoms with Gasteiger partial charge in [0, 0.05) is 51.5 Å². The molecule has 3 amide bonds. The molecule has 4 aliphatic rings. The Bertz CT molecular complexity index is 2510. The van der Waals surface area contributed by atoms with Crippen molar-refractivity contribution in [2.24, 2.45) is 18.9 Å². The van der Waals surface area contributed by atoms with Crippen LogP contribution in [0.4, 0.5) is 11.5 Å². The van der Waals surface area contributed by atoms with Crippen molar-refractivity contribution in [1.82, 2.24) is 48.6 Å². The highest BCUT2D eigenvalue weighted by Crippen LogP contribution is 2.36. The number of benzene rings is 1. The number of hydrogen-bond acceptors (Lipinski definition) is 11. The Labute approximate surface area is 354 Å². The molecule has 1 aromatic carbocycles. The molecule has 0 spiro atoms. The predicted octanol–water partition coefficient (Wildman–Crippen LogP) is 4.19. The van der Waals surface area contributed by atoms with Gasteiger partial charge in [-0.25, -0.2) is 14.3 Å². The predicted molar refractivity (Wildman–Crippen MR) is 230 cm³/mol. The van der Waals surface area contributed by atoms with Crippen molar-refractivity contribution < 1.29 is 19.5 Å². The van der Waals surface area contributed by atoms with E-state index in [9.17, 15) is 24.3 Å². The molecule has 9 rings (SSSR count). The van der Waals surface area contributed by atoms with Gasteiger partial charge in [0.05, 0.1) is 29.0 Å². The van der Waals surface area contributed by atoms with Gasteiger partial charge in [0.2, 0.25) is 11.8 Å². The van der Waals surface area contributed by atoms with Gasteiger partial charge in [-0.15, -0.1) is 0 Å². The molecule has 6 heterocycles. The first kappa shape index (κ1) is 41.0. The molecule has 324 valence electrons. The lowest BCUT2D eigenvalue weighted by molar-refractivity contribution is -0.135. The normalized spacial score (nSPS) is 22.0. The van der Waals surface area contributed by atoms with Crippen LogP contribution in [0.3, 0.4) is 0 Å². The number of fused-ring (bicyclic) bond motifs is 2. The number of anilines is 2. The zero-order valence-electron chi connectivity index (χ0n) is 35.6. The van der Waals surface area contributed by atoms with Gasteiger partial charge < -0.3 is 20.6 Å². The van der Waals surface area contributed by atoms with Crippen LogP contribution in [-0.2, 0) is 28.8 Å². The van der Waals surface area contributed by atoms with Crippen molar-refractivity contribution in [1.29, 1.82) is 0 Å². The molecule has 17 heteroatoms. The van der Waals surface area contributed by atoms with E-state index >= 15 is 0 Å². The molecule has 2 aliphatic heterocycles. The topological polar surface area (TPSA) is 189 Å². The second kappa shape index (κ2) is 16.5. The summed E-state index contributed by atoms with van der Waals surface area (Å²) in [6.45, 7) is 7.90. The molecule has 17 nitrogen and oxygen atoms in total. The molecule has 2 saturated heterocycles. The highest BCUT2D eigenvalue weighted by atomic mass is 16.3. The summed E-state index contributed by atoms with van der Waals surface area (Å²) in [5, 5.41) is 29.1. The van der Waals surface area contributed by atoms with Gasteiger partial charge in [-0.05, 0) is 121 Å². The van der Waals surface area contributed by atoms with Crippen molar-refractivity contribution in [2.45, 2.75) is 108 Å². The summed E-state index contributed by atoms with van der Waals surface area (Å²) < 4.78 is 6.74. The Morgan fingerprint density at radius 2 is 1.75 bits per heavy atom. The number of rotatable bonds is 13. The lowest BCUT2D eigenvalue weighted by Crippen LogP contribution is -2.44. The van der Waals surface area contributed by atoms with Gasteiger partial charge in [0.15, 0.2) is 5.65 Å². The third-order valence-electron chi connectivity index (χ3n) is 13.5. The quantitative estimate of drug-likeness (QED) is 0.125. The lowest BCUT2D eigenvalue weighted by Gasteiger charge is -2.39. The maximum Gasteiger partial charge on any atom is 0.329 e. The van der Waals surface area contributed by atoms with Gasteiger partial charge in [-0.2, -0.15) is 10.2 Å². The fourth-order valence-electron chi connectivity index (χ4n) is 9.79. The summed E-state index contributed by atoms with van der Waals surface area (Å²) in [7, 11) is 4.01. The van der Waals surface area contributed by atoms with Crippen LogP contribution in [0.5, 0.6) is 0 Å². The van der Waals surface area contributed by atoms with Gasteiger partial charge in [-0.3, -0.25) is 38.4 Å². The number of nitrogens with one attached hydrogen (secondary N) is 3. The van der Waals surface area contributed by atoms with Crippen LogP contribution in [0.1, 0.15) is 112 Å². The highest BCUT2D eigenvalue weighted by molar-refractivity contribution is 6.08. The minimum atomic E-state index is -1.27. The summed E-state index contributed by atoms with van der Waals surface area (Å²) in [4.78, 5) is 61.3. The Hall–Kier alpha value is -5.39. The van der Waals surface area contributed by atoms with Crippen LogP contribution < -0.4 is 21.6 Å². The van der Waals surface area contributed by atoms with Gasteiger partial charge in [-0.1, -0.05) is 12.1 Å². The molecule has 61 heavy (non-hydrogen) atoms. The summed E-state index contributed by atoms with van der Waals surface area (Å²) in [5.74, 6) is 0.901. The van der Waals surface area contributed by atoms with E-state index in [0.29, 0.717) is 52.7 Å². The summed E-state index contributed by atoms with van der Waals surface area (Å²) in [5.41, 5.74) is 2.84. The monoisotopic (exact) mass is 834 g/mol. The number of aryl methyl sites for hydroxylation is 1. The molecule has 1 atom stereocenters. The Morgan fingerprint density at radius 3 is 2.48 bits per heavy atom. The van der Waals surface area contributed by atoms with Crippen LogP contribution in [0.25, 0.3) is 16.7 Å². The van der Waals surface area contributed by atoms with E-state index in [0.717, 1.165) is 87.8 Å². The number of amides is 3. The van der Waals surface area contributed by atoms with E-state index < -0.39 is 17.6 Å². The molecule has 5 aromatic rings. The number of aromatic nitrogens is 7. The van der Waals surface area contributed by atoms with Crippen molar-refractivity contribution >= 4 is 45.9 Å². The van der Waals surface area contributed by atoms with Crippen molar-refractivity contribution in [3.63, 3.8) is 0 Å². The number of likely N-dealkylation sites (tertiary alicyclic amines) is 1. The van der Waals surface area contributed by atoms with Crippen molar-refractivity contribution in [3.05, 3.63) is 70.2 Å². The first-order valence-electron chi connectivity index (χ1n) is 22.0. The fraction of sp³-hybridized carbons (Fsp3) is 0.568. The van der Waals surface area contributed by atoms with E-state index in [1.54, 1.807) is 40.7 Å². The molecule has 2 aliphatic carbocycles. The molecule has 4 fully saturated rings. The number of hydrogen-bond donors (Lipinski definition) is 4. The molecular formula is C44H58N12O5. The standard InChI is InChI=1S/C44H58N12O5/c1-44(2,61)39-33(47-41(58)32-23-46-54-21-18-36(48-40(32)54)45-22-27-8-9-27)26-55(50-39)31-12-10-28(11-13-31)24-51(3)30-16-19-53(20-17-30)25-29-6-5-7-34-38(29)52(4)43(60)56(34)35-14-15-37(57)49-42(35)59/h5-7,18,21,23,26-28,30-31,35,61H,8-17,19-20,22,24-25H2,1-4H3,(H,45,48)(H,47,58)(H,49,57,59). The smallest absolute Gasteiger partial charge is 0.329 e. The first-order chi connectivity index (χ1) is 29.3. The average Bonchev–Trinajstić information content (AvgIpc) is 3.71. The number of nitrogens with zero attached hydrogens (tertiary/aromatic N) is 9. The number of carbonyl (C=O) groups is 3. The Morgan fingerprint density at radius 1 is 1.00 bits per heavy atom. The molecule has 2 saturated carbocycles. The second-order valence-electron chi connectivity index (χ2n) is 18.4. The van der Waals surface area contributed by atoms with E-state index in [1.165, 1.54) is 19.0 Å². The summed E-state index contributed by atoms with van der Waals surface area (Å²) in [6.07, 6.45) is 14.4. The van der Waals surface area contributed by atoms with Crippen LogP contribution in [0.15, 0.2) is 47.7 Å². The largest absolute Gasteiger partial charge is 0.384 e. The lowest BCUT2D eigenvalue weighted by atomic mass is 9.85. The maximum absolute atomic E-state index is 13.7. The SMILES string of the molecule is CN(CC1CCC(n2cc(NC(=O)c3cnn4ccc(NCC5CC5)nc34)c(C(C)(C)O)n2)CC1)C1CCN(Cc2cccc3c2n(C)c(=O)n3C2CCC(=O)NC2=O)CC1. The maximum atomic E-state index is 13.7. The Balaban J connectivity index is 0.784. The van der Waals surface area contributed by atoms with Gasteiger partial charge >= 0.3 is 5.69 Å². The molecule has 0 radical (unpaired) electrons. The van der Waals surface area contributed by atoms with Crippen molar-refractivity contribution in [3.8, 4) is 0 Å². The molecule has 0 bridgehead atoms. The van der Waals surface area contributed by atoms with E-state index in [2.05, 4.69) is 48.9 Å². The minimum Gasteiger partial charge on any atom is -0.384 e. The molecule has 4 N–H and O–H groups in total. The van der Waals surface area contributed by atoms with Gasteiger partial charge in [0.25, 0.3) is 5.91 Å². The molecule has 1 unspecified atom stereocenters. The zero-order valence-corrected chi connectivity index (χ0v) is 35.6. The first-order valence-corrected chi connectivity index (χ1v) is 22.0. The van der Waals surface area contributed by atoms with Crippen LogP contribution in [-0.4, -0.2) is 105 Å². The molecular weight excluding hydrogens is 777 g/mol. The number of piperidine rings is 2. The van der Waals surface area contributed by atoms with Crippen LogP contribution in [0.2, 0.25) is 0 Å². The third-order valence-corrected chi connectivity index (χ3v) is 13.5. The number of para-hydroxylation sites is 1. The number of imidazole rings is 1. The summed E-state index contributed by atoms with van der Waals surface area (Å²) >= 11 is 0. The minimum absolute atomic E-state index is 0.167. The van der Waals surface area contributed by atoms with E-state index in [-0.39, 0.29) is 30.0 Å². The number of aliphatic hydroxyl groups is 1.